The van der Waals surface area contributed by atoms with Crippen LogP contribution in [-0.4, -0.2) is 50.5 Å². The molecule has 259 valence electrons. The Morgan fingerprint density at radius 1 is 0.604 bits per heavy atom. The van der Waals surface area contributed by atoms with Crippen LogP contribution in [0.15, 0.2) is 138 Å². The third-order valence-electron chi connectivity index (χ3n) is 8.23. The van der Waals surface area contributed by atoms with Crippen LogP contribution in [0.25, 0.3) is 38.5 Å². The van der Waals surface area contributed by atoms with Gasteiger partial charge in [-0.1, -0.05) is 109 Å². The van der Waals surface area contributed by atoms with Gasteiger partial charge in [-0.05, 0) is 62.1 Å². The maximum atomic E-state index is 11.1. The average molecular weight is 771 g/mol. The molecule has 0 aliphatic carbocycles. The van der Waals surface area contributed by atoms with Crippen molar-refractivity contribution in [3.05, 3.63) is 161 Å². The van der Waals surface area contributed by atoms with Crippen LogP contribution in [0.5, 0.6) is 0 Å². The molecule has 11 nitrogen and oxygen atoms in total. The second kappa shape index (κ2) is 16.6. The standard InChI is InChI=1S/C30H27BN6.C7H5NO3S.C2H3N.Zn/c1-22-19-28(25-13-7-4-8-14-25)32-35(22)31(36-23(2)20-29(33-36)26-15-9-5-10-16-26)37-24(3)21-30(34-37)27-17-11-6-12-18-27;9-7-5-3-1-2-4-6(5)12(10,11)8-7;1-2-3;/h4-21H,1-3H3;1-4H,(H,8,9);1H3;/q-1;;;+2/p-1. The molecule has 8 rings (SSSR count). The molecule has 0 saturated carbocycles. The minimum Gasteiger partial charge on any atom is -0.537 e. The molecule has 0 bridgehead atoms. The third-order valence-corrected chi connectivity index (χ3v) is 9.55. The fourth-order valence-electron chi connectivity index (χ4n) is 5.80. The molecule has 4 aromatic carbocycles. The van der Waals surface area contributed by atoms with Crippen LogP contribution in [0.1, 0.15) is 34.4 Å². The van der Waals surface area contributed by atoms with Crippen molar-refractivity contribution in [3.63, 3.8) is 0 Å². The average Bonchev–Trinajstić information content (AvgIpc) is 3.91. The number of rotatable bonds is 6. The molecule has 0 unspecified atom stereocenters. The molecule has 0 N–H and O–H groups in total. The first kappa shape index (κ1) is 38.3. The molecule has 1 aliphatic heterocycles. The van der Waals surface area contributed by atoms with Crippen LogP contribution in [0.2, 0.25) is 0 Å². The number of nitriles is 1. The molecule has 0 saturated heterocycles. The molecule has 0 atom stereocenters. The Bertz CT molecular complexity index is 2300. The van der Waals surface area contributed by atoms with E-state index in [4.69, 9.17) is 20.6 Å². The van der Waals surface area contributed by atoms with E-state index in [1.807, 2.05) is 68.4 Å². The number of hydrogen-bond acceptors (Lipinski definition) is 7. The summed E-state index contributed by atoms with van der Waals surface area (Å²) in [6.45, 7) is 7.68. The number of sulfonamides is 1. The van der Waals surface area contributed by atoms with E-state index in [9.17, 15) is 13.2 Å². The van der Waals surface area contributed by atoms with Crippen molar-refractivity contribution in [1.29, 1.82) is 5.26 Å². The summed E-state index contributed by atoms with van der Waals surface area (Å²) >= 11 is 0. The minimum atomic E-state index is -3.68. The van der Waals surface area contributed by atoms with Gasteiger partial charge in [0.2, 0.25) is 0 Å². The van der Waals surface area contributed by atoms with Gasteiger partial charge < -0.3 is 23.3 Å². The fraction of sp³-hybridized carbons (Fsp3) is 0.103. The van der Waals surface area contributed by atoms with Crippen molar-refractivity contribution in [2.45, 2.75) is 32.6 Å². The van der Waals surface area contributed by atoms with Crippen LogP contribution in [0.3, 0.4) is 0 Å². The monoisotopic (exact) mass is 769 g/mol. The van der Waals surface area contributed by atoms with E-state index in [1.165, 1.54) is 19.1 Å². The second-order valence-electron chi connectivity index (χ2n) is 11.9. The summed E-state index contributed by atoms with van der Waals surface area (Å²) in [5.74, 6) is -0.675. The summed E-state index contributed by atoms with van der Waals surface area (Å²) in [6.07, 6.45) is 0. The first-order chi connectivity index (χ1) is 25.1. The summed E-state index contributed by atoms with van der Waals surface area (Å²) in [5.41, 5.74) is 9.23. The van der Waals surface area contributed by atoms with Gasteiger partial charge in [-0.25, -0.2) is 23.7 Å². The quantitative estimate of drug-likeness (QED) is 0.159. The Balaban J connectivity index is 0.000000283. The van der Waals surface area contributed by atoms with Gasteiger partial charge >= 0.3 is 19.5 Å². The first-order valence-corrected chi connectivity index (χ1v) is 17.8. The van der Waals surface area contributed by atoms with E-state index in [2.05, 4.69) is 80.1 Å². The third kappa shape index (κ3) is 8.28. The van der Waals surface area contributed by atoms with E-state index in [0.717, 1.165) is 50.9 Å². The predicted molar refractivity (Wildman–Crippen MR) is 202 cm³/mol. The van der Waals surface area contributed by atoms with Crippen LogP contribution < -0.4 is 0 Å². The predicted octanol–water partition coefficient (Wildman–Crippen LogP) is 7.56. The van der Waals surface area contributed by atoms with Crippen LogP contribution in [0.4, 0.5) is 0 Å². The number of hydrogen-bond donors (Lipinski definition) is 0. The number of carbonyl (C=O) groups excluding carboxylic acids is 1. The van der Waals surface area contributed by atoms with Crippen molar-refractivity contribution < 1.29 is 32.7 Å². The van der Waals surface area contributed by atoms with Crippen molar-refractivity contribution in [3.8, 4) is 39.8 Å². The molecule has 4 heterocycles. The van der Waals surface area contributed by atoms with Crippen LogP contribution in [-0.2, 0) is 29.5 Å². The molecular weight excluding hydrogens is 737 g/mol. The number of fused-ring (bicyclic) bond motifs is 1. The van der Waals surface area contributed by atoms with Gasteiger partial charge in [0.05, 0.1) is 34.0 Å². The van der Waals surface area contributed by atoms with Gasteiger partial charge in [0.1, 0.15) is 10.0 Å². The van der Waals surface area contributed by atoms with Gasteiger partial charge in [0.25, 0.3) is 7.12 Å². The molecule has 7 aromatic rings. The molecule has 53 heavy (non-hydrogen) atoms. The smallest absolute Gasteiger partial charge is 0.537 e. The zero-order valence-electron chi connectivity index (χ0n) is 29.7. The van der Waals surface area contributed by atoms with Gasteiger partial charge in [-0.3, -0.25) is 0 Å². The van der Waals surface area contributed by atoms with Crippen LogP contribution in [0, 0.1) is 32.1 Å². The second-order valence-corrected chi connectivity index (χ2v) is 13.5. The molecular formula is C39H34BN8O3SZn. The van der Waals surface area contributed by atoms with Crippen LogP contribution >= 0.6 is 0 Å². The zero-order chi connectivity index (χ0) is 36.8. The number of benzene rings is 4. The number of amides is 1. The minimum absolute atomic E-state index is 0. The fourth-order valence-corrected chi connectivity index (χ4v) is 6.90. The Kier molecular flexibility index (Phi) is 12.0. The van der Waals surface area contributed by atoms with Crippen molar-refractivity contribution in [1.82, 2.24) is 29.1 Å². The molecule has 1 aliphatic rings. The van der Waals surface area contributed by atoms with E-state index < -0.39 is 23.0 Å². The SMILES string of the molecule is CC#N.Cc1cc(-c2ccccc2)nn1[B-](n1nc(-c2ccccc2)cc1C)n1nc(-c2ccccc2)cc1C.O=C1[N-]S(=O)(=O)c2ccccc21.[Zn+2]. The molecule has 0 fully saturated rings. The van der Waals surface area contributed by atoms with Gasteiger partial charge in [0.15, 0.2) is 0 Å². The summed E-state index contributed by atoms with van der Waals surface area (Å²) in [5, 5.41) is 22.5. The Hall–Kier alpha value is -5.89. The number of aryl methyl sites for hydroxylation is 3. The maximum Gasteiger partial charge on any atom is 2.00 e. The molecule has 1 radical (unpaired) electrons. The van der Waals surface area contributed by atoms with E-state index >= 15 is 0 Å². The molecule has 14 heteroatoms. The van der Waals surface area contributed by atoms with Crippen molar-refractivity contribution in [2.24, 2.45) is 0 Å². The van der Waals surface area contributed by atoms with E-state index in [-0.39, 0.29) is 29.9 Å². The summed E-state index contributed by atoms with van der Waals surface area (Å²) in [4.78, 5) is 10.9. The summed E-state index contributed by atoms with van der Waals surface area (Å²) < 4.78 is 31.2. The first-order valence-electron chi connectivity index (χ1n) is 16.4. The largest absolute Gasteiger partial charge is 2.00 e. The number of nitrogens with zero attached hydrogens (tertiary/aromatic N) is 8. The van der Waals surface area contributed by atoms with Gasteiger partial charge in [-0.15, -0.1) is 0 Å². The zero-order valence-corrected chi connectivity index (χ0v) is 33.5. The molecule has 3 aromatic heterocycles. The summed E-state index contributed by atoms with van der Waals surface area (Å²) in [7, 11) is -4.09. The van der Waals surface area contributed by atoms with Gasteiger partial charge in [0, 0.05) is 29.2 Å². The topological polar surface area (TPSA) is 143 Å². The number of aromatic nitrogens is 6. The normalized spacial score (nSPS) is 12.3. The van der Waals surface area contributed by atoms with Crippen molar-refractivity contribution >= 4 is 23.0 Å². The summed E-state index contributed by atoms with van der Waals surface area (Å²) in [6, 6.07) is 44.9. The van der Waals surface area contributed by atoms with Gasteiger partial charge in [-0.2, -0.15) is 5.26 Å². The molecule has 1 amide bonds. The number of carbonyl (C=O) groups is 1. The maximum absolute atomic E-state index is 11.1. The Morgan fingerprint density at radius 3 is 1.26 bits per heavy atom. The Labute approximate surface area is 321 Å². The Morgan fingerprint density at radius 2 is 0.925 bits per heavy atom. The van der Waals surface area contributed by atoms with E-state index in [1.54, 1.807) is 18.2 Å². The van der Waals surface area contributed by atoms with E-state index in [0.29, 0.717) is 0 Å². The van der Waals surface area contributed by atoms with Crippen molar-refractivity contribution in [2.75, 3.05) is 0 Å². The molecule has 0 spiro atoms.